The molecule has 2 aromatic heterocycles. The Morgan fingerprint density at radius 3 is 1.88 bits per heavy atom. The van der Waals surface area contributed by atoms with E-state index in [4.69, 9.17) is 9.72 Å². The summed E-state index contributed by atoms with van der Waals surface area (Å²) in [5.74, 6) is 2.52. The Hall–Kier alpha value is -5.64. The number of anilines is 3. The van der Waals surface area contributed by atoms with Gasteiger partial charge in [0.2, 0.25) is 0 Å². The first-order chi connectivity index (χ1) is 27.5. The van der Waals surface area contributed by atoms with Gasteiger partial charge in [-0.1, -0.05) is 93.0 Å². The first-order valence-corrected chi connectivity index (χ1v) is 19.9. The minimum Gasteiger partial charge on any atom is -0.509 e. The van der Waals surface area contributed by atoms with Crippen molar-refractivity contribution in [3.63, 3.8) is 0 Å². The number of para-hydroxylation sites is 1. The van der Waals surface area contributed by atoms with Crippen LogP contribution in [0.15, 0.2) is 134 Å². The molecule has 58 heavy (non-hydrogen) atoms. The summed E-state index contributed by atoms with van der Waals surface area (Å²) in [6.07, 6.45) is 1.91. The van der Waals surface area contributed by atoms with Gasteiger partial charge in [0.05, 0.1) is 0 Å². The minimum absolute atomic E-state index is 0. The molecule has 1 aliphatic heterocycles. The van der Waals surface area contributed by atoms with E-state index in [1.54, 1.807) is 0 Å². The number of hydrogen-bond donors (Lipinski definition) is 0. The van der Waals surface area contributed by atoms with Crippen molar-refractivity contribution in [2.45, 2.75) is 64.3 Å². The van der Waals surface area contributed by atoms with Gasteiger partial charge in [-0.3, -0.25) is 0 Å². The van der Waals surface area contributed by atoms with Crippen LogP contribution in [0, 0.1) is 18.8 Å². The van der Waals surface area contributed by atoms with E-state index in [9.17, 15) is 0 Å². The van der Waals surface area contributed by atoms with Crippen molar-refractivity contribution in [3.05, 3.63) is 191 Å². The van der Waals surface area contributed by atoms with Crippen LogP contribution in [0.3, 0.4) is 0 Å². The number of rotatable bonds is 4. The Morgan fingerprint density at radius 2 is 1.22 bits per heavy atom. The quantitative estimate of drug-likeness (QED) is 0.165. The van der Waals surface area contributed by atoms with Crippen molar-refractivity contribution in [3.8, 4) is 17.3 Å². The average molecular weight is 935 g/mol. The van der Waals surface area contributed by atoms with Gasteiger partial charge in [0.25, 0.3) is 0 Å². The molecule has 3 heterocycles. The topological polar surface area (TPSA) is 33.5 Å². The zero-order valence-electron chi connectivity index (χ0n) is 33.4. The van der Waals surface area contributed by atoms with E-state index in [2.05, 4.69) is 190 Å². The number of aromatic nitrogens is 2. The van der Waals surface area contributed by atoms with Gasteiger partial charge in [-0.15, -0.1) is 41.4 Å². The molecule has 0 spiro atoms. The maximum absolute atomic E-state index is 6.64. The minimum atomic E-state index is -0.153. The fourth-order valence-corrected chi connectivity index (χ4v) is 9.47. The summed E-state index contributed by atoms with van der Waals surface area (Å²) in [6, 6.07) is 53.3. The Labute approximate surface area is 355 Å². The summed E-state index contributed by atoms with van der Waals surface area (Å²) in [7, 11) is 0. The van der Waals surface area contributed by atoms with Crippen molar-refractivity contribution in [2.24, 2.45) is 0 Å². The molecule has 0 saturated carbocycles. The zero-order chi connectivity index (χ0) is 38.8. The molecule has 0 fully saturated rings. The molecule has 12 rings (SSSR count). The van der Waals surface area contributed by atoms with Gasteiger partial charge in [0.1, 0.15) is 5.82 Å². The summed E-state index contributed by atoms with van der Waals surface area (Å²) in [6.45, 7) is 15.8. The molecule has 2 bridgehead atoms. The number of benzene rings is 6. The van der Waals surface area contributed by atoms with Crippen molar-refractivity contribution < 1.29 is 25.8 Å². The van der Waals surface area contributed by atoms with Crippen LogP contribution in [0.5, 0.6) is 11.5 Å². The van der Waals surface area contributed by atoms with E-state index in [0.29, 0.717) is 11.5 Å². The Balaban J connectivity index is 0.00000408. The molecule has 290 valence electrons. The average Bonchev–Trinajstić information content (AvgIpc) is 3.75. The van der Waals surface area contributed by atoms with E-state index >= 15 is 0 Å². The van der Waals surface area contributed by atoms with Crippen LogP contribution in [0.1, 0.15) is 92.3 Å². The standard InChI is InChI=1S/C52H43N4O.Pt/c1-51(2,3)32-24-25-53-48(26-32)56-44-21-12-11-16-36(44)37-23-22-35(28-45(37)56)57-34-15-13-14-33(27-34)54-31-55(52(4,5)6)47-30-43-42(29-46(47)54)49-38-17-7-9-19-40(38)50(43)41-20-10-8-18-39(41)49;/h7-26,29-31,49-50H,1-6H3;/q-3;. The summed E-state index contributed by atoms with van der Waals surface area (Å²) in [5.41, 5.74) is 14.8. The predicted octanol–water partition coefficient (Wildman–Crippen LogP) is 12.7. The molecule has 3 aliphatic carbocycles. The Bertz CT molecular complexity index is 2880. The van der Waals surface area contributed by atoms with Crippen LogP contribution in [0.2, 0.25) is 0 Å². The summed E-state index contributed by atoms with van der Waals surface area (Å²) < 4.78 is 8.85. The van der Waals surface area contributed by atoms with Crippen molar-refractivity contribution >= 4 is 38.9 Å². The van der Waals surface area contributed by atoms with Crippen LogP contribution in [-0.2, 0) is 26.5 Å². The van der Waals surface area contributed by atoms with Gasteiger partial charge in [-0.05, 0) is 101 Å². The fraction of sp³-hybridized carbons (Fsp3) is 0.192. The molecule has 0 unspecified atom stereocenters. The normalized spacial score (nSPS) is 16.5. The molecule has 8 aromatic rings. The molecule has 6 aromatic carbocycles. The van der Waals surface area contributed by atoms with E-state index in [1.807, 2.05) is 18.3 Å². The molecule has 0 amide bonds. The first-order valence-electron chi connectivity index (χ1n) is 19.9. The number of pyridine rings is 1. The van der Waals surface area contributed by atoms with E-state index in [0.717, 1.165) is 39.0 Å². The molecule has 0 saturated heterocycles. The van der Waals surface area contributed by atoms with Gasteiger partial charge in [-0.2, -0.15) is 18.8 Å². The second-order valence-corrected chi connectivity index (χ2v) is 17.7. The second-order valence-electron chi connectivity index (χ2n) is 17.7. The molecular weight excluding hydrogens is 892 g/mol. The number of hydrogen-bond acceptors (Lipinski definition) is 4. The van der Waals surface area contributed by atoms with Gasteiger partial charge in [0.15, 0.2) is 0 Å². The second kappa shape index (κ2) is 13.2. The number of fused-ring (bicyclic) bond motifs is 4. The maximum Gasteiger partial charge on any atom is 0.135 e. The van der Waals surface area contributed by atoms with Crippen molar-refractivity contribution in [1.29, 1.82) is 0 Å². The Morgan fingerprint density at radius 1 is 0.603 bits per heavy atom. The largest absolute Gasteiger partial charge is 0.509 e. The third-order valence-electron chi connectivity index (χ3n) is 12.1. The van der Waals surface area contributed by atoms with Crippen LogP contribution in [-0.4, -0.2) is 15.1 Å². The monoisotopic (exact) mass is 934 g/mol. The predicted molar refractivity (Wildman–Crippen MR) is 231 cm³/mol. The van der Waals surface area contributed by atoms with E-state index in [1.165, 1.54) is 44.6 Å². The van der Waals surface area contributed by atoms with Crippen molar-refractivity contribution in [1.82, 2.24) is 9.55 Å². The molecule has 6 heteroatoms. The smallest absolute Gasteiger partial charge is 0.135 e. The first kappa shape index (κ1) is 36.7. The molecule has 0 N–H and O–H groups in total. The van der Waals surface area contributed by atoms with Gasteiger partial charge in [-0.25, -0.2) is 4.98 Å². The van der Waals surface area contributed by atoms with Crippen molar-refractivity contribution in [2.75, 3.05) is 9.80 Å². The summed E-state index contributed by atoms with van der Waals surface area (Å²) >= 11 is 0. The molecular formula is C52H43N4OPt-3. The van der Waals surface area contributed by atoms with Crippen LogP contribution >= 0.6 is 0 Å². The third-order valence-corrected chi connectivity index (χ3v) is 12.1. The zero-order valence-corrected chi connectivity index (χ0v) is 35.7. The van der Waals surface area contributed by atoms with Crippen LogP contribution in [0.4, 0.5) is 17.1 Å². The van der Waals surface area contributed by atoms with Crippen LogP contribution < -0.4 is 14.5 Å². The number of ether oxygens (including phenoxy) is 1. The molecule has 5 nitrogen and oxygen atoms in total. The SMILES string of the molecule is CC(C)(C)c1ccnc(-n2c3[c-]c(Oc4[c-]c(N5[CH-]N(C(C)(C)C)c6cc7c(cc65)C5c6ccccc6C7c6ccccc65)ccc4)ccc3c3ccccc32)c1.[Pt]. The van der Waals surface area contributed by atoms with E-state index in [-0.39, 0.29) is 43.9 Å². The van der Waals surface area contributed by atoms with Gasteiger partial charge < -0.3 is 19.1 Å². The fourth-order valence-electron chi connectivity index (χ4n) is 9.47. The van der Waals surface area contributed by atoms with Gasteiger partial charge >= 0.3 is 0 Å². The molecule has 0 atom stereocenters. The maximum atomic E-state index is 6.64. The van der Waals surface area contributed by atoms with Crippen LogP contribution in [0.25, 0.3) is 27.6 Å². The molecule has 0 radical (unpaired) electrons. The Kier molecular flexibility index (Phi) is 8.34. The van der Waals surface area contributed by atoms with Gasteiger partial charge in [0, 0.05) is 73.0 Å². The third kappa shape index (κ3) is 5.57. The summed E-state index contributed by atoms with van der Waals surface area (Å²) in [4.78, 5) is 9.55. The van der Waals surface area contributed by atoms with E-state index < -0.39 is 0 Å². The number of nitrogens with zero attached hydrogens (tertiary/aromatic N) is 4. The summed E-state index contributed by atoms with van der Waals surface area (Å²) in [5, 5.41) is 2.26. The molecule has 4 aliphatic rings.